The van der Waals surface area contributed by atoms with Crippen LogP contribution in [0.2, 0.25) is 0 Å². The van der Waals surface area contributed by atoms with Gasteiger partial charge in [-0.3, -0.25) is 4.79 Å². The summed E-state index contributed by atoms with van der Waals surface area (Å²) in [6.45, 7) is -0.546. The molecule has 184 valence electrons. The lowest BCUT2D eigenvalue weighted by atomic mass is 10.2. The maximum atomic E-state index is 12.7. The van der Waals surface area contributed by atoms with Gasteiger partial charge in [0.15, 0.2) is 23.9 Å². The fraction of sp³-hybridized carbons (Fsp3) is 0.154. The van der Waals surface area contributed by atoms with Gasteiger partial charge in [0.2, 0.25) is 5.75 Å². The molecule has 0 saturated carbocycles. The number of para-hydroxylation sites is 1. The predicted molar refractivity (Wildman–Crippen MR) is 132 cm³/mol. The predicted octanol–water partition coefficient (Wildman–Crippen LogP) is 3.76. The largest absolute Gasteiger partial charge is 0.493 e. The average Bonchev–Trinajstić information content (AvgIpc) is 3.38. The van der Waals surface area contributed by atoms with Gasteiger partial charge in [0.05, 0.1) is 27.0 Å². The van der Waals surface area contributed by atoms with Crippen LogP contribution in [0.5, 0.6) is 17.2 Å². The number of nitrogens with zero attached hydrogens (tertiary/aromatic N) is 3. The summed E-state index contributed by atoms with van der Waals surface area (Å²) in [6.07, 6.45) is 0. The maximum absolute atomic E-state index is 12.7. The molecule has 0 atom stereocenters. The van der Waals surface area contributed by atoms with Crippen LogP contribution in [0.15, 0.2) is 72.8 Å². The zero-order valence-electron chi connectivity index (χ0n) is 19.9. The minimum atomic E-state index is -0.832. The molecule has 4 rings (SSSR count). The molecule has 0 aliphatic carbocycles. The number of methoxy groups -OCH3 is 3. The molecule has 1 heterocycles. The molecule has 0 radical (unpaired) electrons. The maximum Gasteiger partial charge on any atom is 0.378 e. The van der Waals surface area contributed by atoms with Gasteiger partial charge < -0.3 is 24.3 Å². The quantitative estimate of drug-likeness (QED) is 0.354. The molecule has 1 aromatic heterocycles. The summed E-state index contributed by atoms with van der Waals surface area (Å²) in [7, 11) is 4.42. The summed E-state index contributed by atoms with van der Waals surface area (Å²) >= 11 is 0. The first kappa shape index (κ1) is 24.3. The fourth-order valence-corrected chi connectivity index (χ4v) is 3.47. The summed E-state index contributed by atoms with van der Waals surface area (Å²) in [5.74, 6) is 0.0272. The van der Waals surface area contributed by atoms with Crippen LogP contribution < -0.4 is 19.5 Å². The second-order valence-electron chi connectivity index (χ2n) is 7.41. The number of rotatable bonds is 9. The van der Waals surface area contributed by atoms with E-state index in [9.17, 15) is 9.59 Å². The Labute approximate surface area is 207 Å². The minimum absolute atomic E-state index is 0.168. The average molecular weight is 489 g/mol. The van der Waals surface area contributed by atoms with Crippen LogP contribution in [0.3, 0.4) is 0 Å². The van der Waals surface area contributed by atoms with E-state index in [1.54, 1.807) is 16.8 Å². The third-order valence-electron chi connectivity index (χ3n) is 5.11. The number of benzene rings is 3. The number of hydrogen-bond donors (Lipinski definition) is 1. The first-order valence-corrected chi connectivity index (χ1v) is 10.9. The van der Waals surface area contributed by atoms with E-state index in [-0.39, 0.29) is 5.82 Å². The number of carbonyl (C=O) groups excluding carboxylic acids is 2. The highest BCUT2D eigenvalue weighted by Gasteiger charge is 2.21. The summed E-state index contributed by atoms with van der Waals surface area (Å²) in [4.78, 5) is 29.6. The van der Waals surface area contributed by atoms with Crippen molar-refractivity contribution in [3.05, 3.63) is 78.6 Å². The van der Waals surface area contributed by atoms with E-state index >= 15 is 0 Å². The molecule has 1 N–H and O–H groups in total. The van der Waals surface area contributed by atoms with Gasteiger partial charge in [-0.1, -0.05) is 48.5 Å². The number of ether oxygens (including phenoxy) is 4. The van der Waals surface area contributed by atoms with E-state index in [1.807, 2.05) is 60.7 Å². The van der Waals surface area contributed by atoms with Crippen LogP contribution in [0.1, 0.15) is 10.6 Å². The van der Waals surface area contributed by atoms with Gasteiger partial charge >= 0.3 is 5.97 Å². The first-order chi connectivity index (χ1) is 17.5. The number of amides is 1. The SMILES string of the molecule is COc1cc(NC(=O)COC(=O)c2nc(-c3ccccc3)n(-c3ccccc3)n2)cc(OC)c1OC. The fourth-order valence-electron chi connectivity index (χ4n) is 3.47. The third-order valence-corrected chi connectivity index (χ3v) is 5.11. The molecular weight excluding hydrogens is 464 g/mol. The monoisotopic (exact) mass is 488 g/mol. The van der Waals surface area contributed by atoms with Crippen molar-refractivity contribution in [3.63, 3.8) is 0 Å². The minimum Gasteiger partial charge on any atom is -0.493 e. The smallest absolute Gasteiger partial charge is 0.378 e. The van der Waals surface area contributed by atoms with Crippen molar-refractivity contribution in [3.8, 4) is 34.3 Å². The van der Waals surface area contributed by atoms with E-state index in [2.05, 4.69) is 15.4 Å². The standard InChI is InChI=1S/C26H24N4O6/c1-33-20-14-18(15-21(34-2)23(20)35-3)27-22(31)16-36-26(32)24-28-25(17-10-6-4-7-11-17)30(29-24)19-12-8-5-9-13-19/h4-15H,16H2,1-3H3,(H,27,31). The zero-order chi connectivity index (χ0) is 25.5. The van der Waals surface area contributed by atoms with Crippen molar-refractivity contribution in [2.45, 2.75) is 0 Å². The van der Waals surface area contributed by atoms with Crippen LogP contribution >= 0.6 is 0 Å². The Hall–Kier alpha value is -4.86. The first-order valence-electron chi connectivity index (χ1n) is 10.9. The van der Waals surface area contributed by atoms with Gasteiger partial charge in [-0.2, -0.15) is 0 Å². The van der Waals surface area contributed by atoms with Crippen molar-refractivity contribution in [1.29, 1.82) is 0 Å². The number of esters is 1. The number of carbonyl (C=O) groups is 2. The lowest BCUT2D eigenvalue weighted by Gasteiger charge is -2.14. The molecule has 0 saturated heterocycles. The second kappa shape index (κ2) is 11.0. The molecule has 0 unspecified atom stereocenters. The zero-order valence-corrected chi connectivity index (χ0v) is 19.9. The van der Waals surface area contributed by atoms with E-state index in [0.717, 1.165) is 11.3 Å². The van der Waals surface area contributed by atoms with Gasteiger partial charge in [-0.25, -0.2) is 14.5 Å². The van der Waals surface area contributed by atoms with Gasteiger partial charge in [0, 0.05) is 23.4 Å². The molecule has 0 fully saturated rings. The molecule has 3 aromatic carbocycles. The topological polar surface area (TPSA) is 114 Å². The molecule has 10 nitrogen and oxygen atoms in total. The Balaban J connectivity index is 1.49. The normalized spacial score (nSPS) is 10.4. The number of aromatic nitrogens is 3. The molecule has 0 aliphatic heterocycles. The van der Waals surface area contributed by atoms with E-state index in [0.29, 0.717) is 28.8 Å². The molecule has 4 aromatic rings. The molecule has 1 amide bonds. The number of hydrogen-bond acceptors (Lipinski definition) is 8. The Morgan fingerprint density at radius 3 is 2.06 bits per heavy atom. The van der Waals surface area contributed by atoms with Crippen molar-refractivity contribution >= 4 is 17.6 Å². The number of nitrogens with one attached hydrogen (secondary N) is 1. The van der Waals surface area contributed by atoms with Crippen LogP contribution in [0, 0.1) is 0 Å². The second-order valence-corrected chi connectivity index (χ2v) is 7.41. The molecule has 36 heavy (non-hydrogen) atoms. The van der Waals surface area contributed by atoms with E-state index < -0.39 is 18.5 Å². The van der Waals surface area contributed by atoms with Crippen LogP contribution in [-0.4, -0.2) is 54.6 Å². The summed E-state index contributed by atoms with van der Waals surface area (Å²) in [6, 6.07) is 21.8. The molecular formula is C26H24N4O6. The number of anilines is 1. The van der Waals surface area contributed by atoms with E-state index in [1.165, 1.54) is 21.3 Å². The Morgan fingerprint density at radius 2 is 1.47 bits per heavy atom. The van der Waals surface area contributed by atoms with E-state index in [4.69, 9.17) is 18.9 Å². The highest BCUT2D eigenvalue weighted by molar-refractivity contribution is 5.95. The van der Waals surface area contributed by atoms with Crippen molar-refractivity contribution < 1.29 is 28.5 Å². The Morgan fingerprint density at radius 1 is 0.861 bits per heavy atom. The lowest BCUT2D eigenvalue weighted by molar-refractivity contribution is -0.119. The summed E-state index contributed by atoms with van der Waals surface area (Å²) < 4.78 is 22.6. The Kier molecular flexibility index (Phi) is 7.45. The molecule has 0 spiro atoms. The van der Waals surface area contributed by atoms with Crippen molar-refractivity contribution in [2.24, 2.45) is 0 Å². The highest BCUT2D eigenvalue weighted by atomic mass is 16.5. The van der Waals surface area contributed by atoms with Gasteiger partial charge in [-0.05, 0) is 12.1 Å². The van der Waals surface area contributed by atoms with Crippen LogP contribution in [0.4, 0.5) is 5.69 Å². The van der Waals surface area contributed by atoms with Crippen LogP contribution in [-0.2, 0) is 9.53 Å². The van der Waals surface area contributed by atoms with Gasteiger partial charge in [-0.15, -0.1) is 5.10 Å². The highest BCUT2D eigenvalue weighted by Crippen LogP contribution is 2.39. The van der Waals surface area contributed by atoms with Crippen LogP contribution in [0.25, 0.3) is 17.1 Å². The van der Waals surface area contributed by atoms with Gasteiger partial charge in [0.1, 0.15) is 0 Å². The van der Waals surface area contributed by atoms with Crippen molar-refractivity contribution in [1.82, 2.24) is 14.8 Å². The molecule has 0 bridgehead atoms. The molecule has 0 aliphatic rings. The summed E-state index contributed by atoms with van der Waals surface area (Å²) in [5.41, 5.74) is 1.87. The summed E-state index contributed by atoms with van der Waals surface area (Å²) in [5, 5.41) is 6.98. The van der Waals surface area contributed by atoms with Crippen molar-refractivity contribution in [2.75, 3.05) is 33.3 Å². The molecule has 10 heteroatoms. The third kappa shape index (κ3) is 5.27. The van der Waals surface area contributed by atoms with Gasteiger partial charge in [0.25, 0.3) is 11.7 Å². The Bertz CT molecular complexity index is 1270. The lowest BCUT2D eigenvalue weighted by Crippen LogP contribution is -2.21.